The van der Waals surface area contributed by atoms with Crippen LogP contribution in [-0.2, 0) is 6.42 Å². The molecule has 1 aromatic carbocycles. The lowest BCUT2D eigenvalue weighted by molar-refractivity contribution is 0.339. The molecule has 0 amide bonds. The van der Waals surface area contributed by atoms with Crippen molar-refractivity contribution in [3.05, 3.63) is 45.5 Å². The summed E-state index contributed by atoms with van der Waals surface area (Å²) in [4.78, 5) is 4.36. The molecule has 2 aromatic rings. The van der Waals surface area contributed by atoms with Gasteiger partial charge in [0.05, 0.1) is 6.04 Å². The summed E-state index contributed by atoms with van der Waals surface area (Å²) in [6, 6.07) is 5.42. The first-order chi connectivity index (χ1) is 9.10. The average molecular weight is 300 g/mol. The predicted octanol–water partition coefficient (Wildman–Crippen LogP) is 3.64. The van der Waals surface area contributed by atoms with Crippen LogP contribution in [0.4, 0.5) is 0 Å². The number of rotatable bonds is 5. The van der Waals surface area contributed by atoms with Crippen molar-refractivity contribution < 1.29 is 4.52 Å². The molecule has 102 valence electrons. The molecule has 0 radical (unpaired) electrons. The SMILES string of the molecule is CCNC(C)c1nc(Cc2ccc(Cl)cc2Cl)no1. The molecule has 19 heavy (non-hydrogen) atoms. The summed E-state index contributed by atoms with van der Waals surface area (Å²) in [6.45, 7) is 4.86. The van der Waals surface area contributed by atoms with Crippen LogP contribution in [-0.4, -0.2) is 16.7 Å². The third-order valence-corrected chi connectivity index (χ3v) is 3.32. The first kappa shape index (κ1) is 14.3. The van der Waals surface area contributed by atoms with Crippen LogP contribution in [0.1, 0.15) is 37.2 Å². The Morgan fingerprint density at radius 3 is 2.84 bits per heavy atom. The molecule has 0 saturated carbocycles. The molecule has 0 saturated heterocycles. The molecule has 0 aliphatic heterocycles. The maximum absolute atomic E-state index is 6.12. The summed E-state index contributed by atoms with van der Waals surface area (Å²) < 4.78 is 5.22. The zero-order chi connectivity index (χ0) is 13.8. The fourth-order valence-electron chi connectivity index (χ4n) is 1.74. The Hall–Kier alpha value is -1.10. The number of hydrogen-bond acceptors (Lipinski definition) is 4. The molecule has 0 aliphatic carbocycles. The lowest BCUT2D eigenvalue weighted by Crippen LogP contribution is -2.17. The van der Waals surface area contributed by atoms with Crippen LogP contribution < -0.4 is 5.32 Å². The lowest BCUT2D eigenvalue weighted by atomic mass is 10.1. The summed E-state index contributed by atoms with van der Waals surface area (Å²) in [6.07, 6.45) is 0.526. The molecular weight excluding hydrogens is 285 g/mol. The Kier molecular flexibility index (Phi) is 4.80. The summed E-state index contributed by atoms with van der Waals surface area (Å²) in [7, 11) is 0. The first-order valence-electron chi connectivity index (χ1n) is 6.10. The van der Waals surface area contributed by atoms with Crippen LogP contribution in [0.25, 0.3) is 0 Å². The molecule has 0 spiro atoms. The van der Waals surface area contributed by atoms with E-state index in [0.717, 1.165) is 12.1 Å². The molecule has 1 atom stereocenters. The first-order valence-corrected chi connectivity index (χ1v) is 6.85. The van der Waals surface area contributed by atoms with Crippen molar-refractivity contribution in [1.82, 2.24) is 15.5 Å². The number of nitrogens with zero attached hydrogens (tertiary/aromatic N) is 2. The van der Waals surface area contributed by atoms with E-state index in [1.54, 1.807) is 12.1 Å². The van der Waals surface area contributed by atoms with Crippen molar-refractivity contribution >= 4 is 23.2 Å². The molecule has 4 nitrogen and oxygen atoms in total. The Labute approximate surface area is 122 Å². The van der Waals surface area contributed by atoms with Crippen molar-refractivity contribution in [3.8, 4) is 0 Å². The van der Waals surface area contributed by atoms with E-state index in [1.165, 1.54) is 0 Å². The van der Waals surface area contributed by atoms with E-state index in [9.17, 15) is 0 Å². The molecule has 0 bridgehead atoms. The van der Waals surface area contributed by atoms with Crippen LogP contribution in [0.5, 0.6) is 0 Å². The largest absolute Gasteiger partial charge is 0.338 e. The van der Waals surface area contributed by atoms with Gasteiger partial charge in [-0.05, 0) is 31.2 Å². The zero-order valence-electron chi connectivity index (χ0n) is 10.8. The van der Waals surface area contributed by atoms with Crippen LogP contribution in [0.15, 0.2) is 22.7 Å². The van der Waals surface area contributed by atoms with Gasteiger partial charge >= 0.3 is 0 Å². The third-order valence-electron chi connectivity index (χ3n) is 2.73. The van der Waals surface area contributed by atoms with Gasteiger partial charge in [-0.2, -0.15) is 4.98 Å². The van der Waals surface area contributed by atoms with Crippen molar-refractivity contribution in [2.24, 2.45) is 0 Å². The average Bonchev–Trinajstić information content (AvgIpc) is 2.82. The minimum Gasteiger partial charge on any atom is -0.338 e. The van der Waals surface area contributed by atoms with Crippen molar-refractivity contribution in [2.75, 3.05) is 6.54 Å². The van der Waals surface area contributed by atoms with E-state index in [0.29, 0.717) is 28.2 Å². The smallest absolute Gasteiger partial charge is 0.243 e. The van der Waals surface area contributed by atoms with Gasteiger partial charge in [0.1, 0.15) is 0 Å². The second kappa shape index (κ2) is 6.37. The highest BCUT2D eigenvalue weighted by Crippen LogP contribution is 2.23. The second-order valence-corrected chi connectivity index (χ2v) is 5.08. The Morgan fingerprint density at radius 2 is 2.16 bits per heavy atom. The van der Waals surface area contributed by atoms with E-state index in [2.05, 4.69) is 15.5 Å². The van der Waals surface area contributed by atoms with E-state index in [1.807, 2.05) is 19.9 Å². The number of hydrogen-bond donors (Lipinski definition) is 1. The maximum Gasteiger partial charge on any atom is 0.243 e. The molecular formula is C13H15Cl2N3O. The topological polar surface area (TPSA) is 51.0 Å². The zero-order valence-corrected chi connectivity index (χ0v) is 12.3. The predicted molar refractivity (Wildman–Crippen MR) is 75.7 cm³/mol. The Bertz CT molecular complexity index is 557. The highest BCUT2D eigenvalue weighted by Gasteiger charge is 2.14. The number of aromatic nitrogens is 2. The van der Waals surface area contributed by atoms with Gasteiger partial charge in [0.2, 0.25) is 5.89 Å². The quantitative estimate of drug-likeness (QED) is 0.916. The fraction of sp³-hybridized carbons (Fsp3) is 0.385. The summed E-state index contributed by atoms with van der Waals surface area (Å²) in [5.74, 6) is 1.20. The van der Waals surface area contributed by atoms with E-state index < -0.39 is 0 Å². The third kappa shape index (κ3) is 3.69. The molecule has 0 fully saturated rings. The molecule has 0 aliphatic rings. The molecule has 1 unspecified atom stereocenters. The van der Waals surface area contributed by atoms with E-state index in [4.69, 9.17) is 27.7 Å². The monoisotopic (exact) mass is 299 g/mol. The van der Waals surface area contributed by atoms with E-state index >= 15 is 0 Å². The van der Waals surface area contributed by atoms with Gasteiger partial charge in [-0.15, -0.1) is 0 Å². The van der Waals surface area contributed by atoms with Gasteiger partial charge in [0.15, 0.2) is 5.82 Å². The van der Waals surface area contributed by atoms with Crippen molar-refractivity contribution in [3.63, 3.8) is 0 Å². The highest BCUT2D eigenvalue weighted by molar-refractivity contribution is 6.35. The van der Waals surface area contributed by atoms with Gasteiger partial charge in [0, 0.05) is 16.5 Å². The standard InChI is InChI=1S/C13H15Cl2N3O/c1-3-16-8(2)13-17-12(18-19-13)6-9-4-5-10(14)7-11(9)15/h4-5,7-8,16H,3,6H2,1-2H3. The fourth-order valence-corrected chi connectivity index (χ4v) is 2.22. The Morgan fingerprint density at radius 1 is 1.37 bits per heavy atom. The van der Waals surface area contributed by atoms with Gasteiger partial charge < -0.3 is 9.84 Å². The second-order valence-electron chi connectivity index (χ2n) is 4.24. The van der Waals surface area contributed by atoms with Crippen LogP contribution in [0.2, 0.25) is 10.0 Å². The van der Waals surface area contributed by atoms with Crippen LogP contribution in [0, 0.1) is 0 Å². The lowest BCUT2D eigenvalue weighted by Gasteiger charge is -2.05. The minimum atomic E-state index is 0.0481. The molecule has 2 rings (SSSR count). The van der Waals surface area contributed by atoms with Crippen molar-refractivity contribution in [2.45, 2.75) is 26.3 Å². The van der Waals surface area contributed by atoms with Gasteiger partial charge in [-0.25, -0.2) is 0 Å². The number of benzene rings is 1. The summed E-state index contributed by atoms with van der Waals surface area (Å²) in [5.41, 5.74) is 0.925. The van der Waals surface area contributed by atoms with Crippen LogP contribution >= 0.6 is 23.2 Å². The molecule has 6 heteroatoms. The summed E-state index contributed by atoms with van der Waals surface area (Å²) >= 11 is 12.0. The van der Waals surface area contributed by atoms with E-state index in [-0.39, 0.29) is 6.04 Å². The maximum atomic E-state index is 6.12. The molecule has 1 N–H and O–H groups in total. The van der Waals surface area contributed by atoms with Gasteiger partial charge in [0.25, 0.3) is 0 Å². The Balaban J connectivity index is 2.11. The van der Waals surface area contributed by atoms with Crippen molar-refractivity contribution in [1.29, 1.82) is 0 Å². The summed E-state index contributed by atoms with van der Waals surface area (Å²) in [5, 5.41) is 8.40. The van der Waals surface area contributed by atoms with Gasteiger partial charge in [-0.3, -0.25) is 0 Å². The number of halogens is 2. The number of nitrogens with one attached hydrogen (secondary N) is 1. The molecule has 1 heterocycles. The molecule has 1 aromatic heterocycles. The minimum absolute atomic E-state index is 0.0481. The van der Waals surface area contributed by atoms with Gasteiger partial charge in [-0.1, -0.05) is 41.3 Å². The normalized spacial score (nSPS) is 12.6. The van der Waals surface area contributed by atoms with Crippen LogP contribution in [0.3, 0.4) is 0 Å². The highest BCUT2D eigenvalue weighted by atomic mass is 35.5.